The molecule has 2 aromatic carbocycles. The van der Waals surface area contributed by atoms with Crippen LogP contribution < -0.4 is 16.0 Å². The predicted molar refractivity (Wildman–Crippen MR) is 257 cm³/mol. The van der Waals surface area contributed by atoms with Gasteiger partial charge in [-0.15, -0.1) is 24.8 Å². The van der Waals surface area contributed by atoms with Gasteiger partial charge in [0.25, 0.3) is 23.6 Å². The molecule has 6 aromatic heterocycles. The Kier molecular flexibility index (Phi) is 11.7. The number of hydrogen-bond acceptors (Lipinski definition) is 9. The topological polar surface area (TPSA) is 178 Å². The van der Waals surface area contributed by atoms with Crippen LogP contribution in [0.2, 0.25) is 0 Å². The Labute approximate surface area is 403 Å². The third kappa shape index (κ3) is 7.89. The van der Waals surface area contributed by atoms with E-state index in [1.807, 2.05) is 45.7 Å². The maximum Gasteiger partial charge on any atom is 0.410 e. The quantitative estimate of drug-likeness (QED) is 0.162. The molecule has 0 fully saturated rings. The minimum Gasteiger partial charge on any atom is -0.444 e. The summed E-state index contributed by atoms with van der Waals surface area (Å²) in [7, 11) is 0. The molecule has 0 saturated heterocycles. The van der Waals surface area contributed by atoms with E-state index in [4.69, 9.17) is 4.74 Å². The van der Waals surface area contributed by atoms with Gasteiger partial charge in [0, 0.05) is 79.4 Å². The summed E-state index contributed by atoms with van der Waals surface area (Å²) < 4.78 is 42.3. The summed E-state index contributed by atoms with van der Waals surface area (Å²) >= 11 is 0. The Morgan fingerprint density at radius 2 is 1.14 bits per heavy atom. The zero-order chi connectivity index (χ0) is 46.5. The number of hydrogen-bond donors (Lipinski definition) is 3. The number of imidazole rings is 2. The summed E-state index contributed by atoms with van der Waals surface area (Å²) in [6.45, 7) is 8.22. The molecule has 352 valence electrons. The number of amides is 5. The van der Waals surface area contributed by atoms with E-state index in [-0.39, 0.29) is 59.5 Å². The van der Waals surface area contributed by atoms with Gasteiger partial charge in [-0.3, -0.25) is 38.6 Å². The van der Waals surface area contributed by atoms with Crippen molar-refractivity contribution in [3.63, 3.8) is 0 Å². The molecule has 3 N–H and O–H groups in total. The van der Waals surface area contributed by atoms with Gasteiger partial charge >= 0.3 is 6.09 Å². The van der Waals surface area contributed by atoms with Gasteiger partial charge in [0.1, 0.15) is 28.5 Å². The van der Waals surface area contributed by atoms with Crippen molar-refractivity contribution in [2.75, 3.05) is 13.1 Å². The number of ether oxygens (including phenoxy) is 1. The van der Waals surface area contributed by atoms with Crippen molar-refractivity contribution in [2.45, 2.75) is 52.6 Å². The van der Waals surface area contributed by atoms with Crippen LogP contribution in [0.5, 0.6) is 0 Å². The predicted octanol–water partition coefficient (Wildman–Crippen LogP) is 6.69. The van der Waals surface area contributed by atoms with E-state index in [0.29, 0.717) is 81.8 Å². The van der Waals surface area contributed by atoms with E-state index < -0.39 is 41.1 Å². The molecule has 0 atom stereocenters. The van der Waals surface area contributed by atoms with Crippen LogP contribution in [0.1, 0.15) is 54.4 Å². The van der Waals surface area contributed by atoms with Crippen LogP contribution in [0.15, 0.2) is 97.8 Å². The van der Waals surface area contributed by atoms with E-state index in [0.717, 1.165) is 17.6 Å². The fourth-order valence-corrected chi connectivity index (χ4v) is 9.55. The highest BCUT2D eigenvalue weighted by atomic mass is 35.5. The normalized spacial score (nSPS) is 15.8. The number of fused-ring (bicyclic) bond motifs is 2. The molecule has 0 aliphatic carbocycles. The van der Waals surface area contributed by atoms with E-state index in [1.54, 1.807) is 71.5 Å². The van der Waals surface area contributed by atoms with Crippen molar-refractivity contribution < 1.29 is 37.5 Å². The van der Waals surface area contributed by atoms with Crippen LogP contribution in [0.4, 0.5) is 13.6 Å². The van der Waals surface area contributed by atoms with Crippen LogP contribution in [-0.2, 0) is 50.1 Å². The van der Waals surface area contributed by atoms with Gasteiger partial charge in [0.15, 0.2) is 0 Å². The molecular formula is C49H42Cl2F2N10O6. The average molecular weight is 976 g/mol. The number of imide groups is 2. The number of carbonyl (C=O) groups excluding carboxylic acids is 5. The molecule has 0 spiro atoms. The standard InChI is InChI=1S/C27H24FN5O4.C22H16FN5O2.2ClH/c1-27(2,3)37-26(36)32-9-8-31-14-18(17-11-16(28)10-15(13-32)23(17)31)21-22(25(35)30-24(21)34)19-12-29-20-6-4-5-7-33(19)20;23-13-7-12-9-24-4-6-27-11-15(14(8-13)20(12)27)18-19(22(30)26-21(18)29)16-10-25-17-3-1-2-5-28(16)17;;/h4-7,10-12,14H,8-9,13H2,1-3H3,(H,30,34,35);1-3,5,7-8,10-11,24H,4,6,9H2,(H,26,29,30);2*1H. The second kappa shape index (κ2) is 17.4. The first-order valence-electron chi connectivity index (χ1n) is 21.6. The number of halogens is 4. The first-order valence-corrected chi connectivity index (χ1v) is 21.6. The number of nitrogens with one attached hydrogen (secondary N) is 3. The lowest BCUT2D eigenvalue weighted by Crippen LogP contribution is -2.37. The number of pyridine rings is 2. The lowest BCUT2D eigenvalue weighted by molar-refractivity contribution is -0.124. The lowest BCUT2D eigenvalue weighted by atomic mass is 9.98. The molecule has 8 aromatic rings. The van der Waals surface area contributed by atoms with Gasteiger partial charge in [0.05, 0.1) is 63.7 Å². The maximum atomic E-state index is 14.9. The molecule has 0 saturated carbocycles. The van der Waals surface area contributed by atoms with Crippen molar-refractivity contribution in [1.29, 1.82) is 0 Å². The Bertz CT molecular complexity index is 3580. The minimum atomic E-state index is -0.660. The summed E-state index contributed by atoms with van der Waals surface area (Å²) in [6.07, 6.45) is 9.82. The average Bonchev–Trinajstić information content (AvgIpc) is 4.10. The number of aromatic nitrogens is 6. The SMILES string of the molecule is CC(C)(C)OC(=O)N1CCn2cc(C3=C(c4cnc5ccccn45)C(=O)NC3=O)c3cc(F)cc(c32)C1.Cl.Cl.O=C1NC(=O)C(c2cnc3ccccn23)=C1c1cn2c3c(cc(F)cc13)CNCC2. The molecule has 69 heavy (non-hydrogen) atoms. The van der Waals surface area contributed by atoms with Gasteiger partial charge in [-0.1, -0.05) is 12.1 Å². The maximum absolute atomic E-state index is 14.9. The molecule has 12 rings (SSSR count). The number of carbonyl (C=O) groups is 5. The van der Waals surface area contributed by atoms with E-state index in [2.05, 4.69) is 25.9 Å². The van der Waals surface area contributed by atoms with Gasteiger partial charge < -0.3 is 24.1 Å². The van der Waals surface area contributed by atoms with Crippen LogP contribution in [0, 0.1) is 11.6 Å². The molecule has 16 nitrogen and oxygen atoms in total. The highest BCUT2D eigenvalue weighted by molar-refractivity contribution is 6.50. The van der Waals surface area contributed by atoms with Gasteiger partial charge in [0.2, 0.25) is 0 Å². The van der Waals surface area contributed by atoms with E-state index in [1.165, 1.54) is 24.3 Å². The van der Waals surface area contributed by atoms with Gasteiger partial charge in [-0.25, -0.2) is 23.5 Å². The summed E-state index contributed by atoms with van der Waals surface area (Å²) in [4.78, 5) is 74.8. The Morgan fingerprint density at radius 1 is 0.652 bits per heavy atom. The Morgan fingerprint density at radius 3 is 1.68 bits per heavy atom. The Balaban J connectivity index is 0.000000170. The second-order valence-corrected chi connectivity index (χ2v) is 17.7. The molecule has 20 heteroatoms. The lowest BCUT2D eigenvalue weighted by Gasteiger charge is -2.26. The summed E-state index contributed by atoms with van der Waals surface area (Å²) in [5, 5.41) is 9.20. The summed E-state index contributed by atoms with van der Waals surface area (Å²) in [6, 6.07) is 16.7. The van der Waals surface area contributed by atoms with Gasteiger partial charge in [-0.2, -0.15) is 0 Å². The highest BCUT2D eigenvalue weighted by Crippen LogP contribution is 2.40. The van der Waals surface area contributed by atoms with Crippen LogP contribution in [-0.4, -0.2) is 81.2 Å². The first kappa shape index (κ1) is 46.4. The molecule has 0 unspecified atom stereocenters. The number of nitrogens with zero attached hydrogens (tertiary/aromatic N) is 7. The van der Waals surface area contributed by atoms with Crippen LogP contribution in [0.25, 0.3) is 55.4 Å². The summed E-state index contributed by atoms with van der Waals surface area (Å²) in [5.41, 5.74) is 6.49. The molecule has 0 bridgehead atoms. The third-order valence-corrected chi connectivity index (χ3v) is 12.2. The first-order chi connectivity index (χ1) is 32.2. The fourth-order valence-electron chi connectivity index (χ4n) is 9.55. The summed E-state index contributed by atoms with van der Waals surface area (Å²) in [5.74, 6) is -2.93. The third-order valence-electron chi connectivity index (χ3n) is 12.2. The minimum absolute atomic E-state index is 0. The molecule has 0 radical (unpaired) electrons. The number of benzene rings is 2. The van der Waals surface area contributed by atoms with Crippen molar-refractivity contribution >= 4 is 110 Å². The zero-order valence-electron chi connectivity index (χ0n) is 37.1. The van der Waals surface area contributed by atoms with Crippen molar-refractivity contribution in [3.8, 4) is 0 Å². The number of rotatable bonds is 4. The molecular weight excluding hydrogens is 934 g/mol. The molecule has 5 amide bonds. The van der Waals surface area contributed by atoms with Gasteiger partial charge in [-0.05, 0) is 80.4 Å². The van der Waals surface area contributed by atoms with Crippen molar-refractivity contribution in [2.24, 2.45) is 0 Å². The van der Waals surface area contributed by atoms with Crippen molar-refractivity contribution in [3.05, 3.63) is 143 Å². The fraction of sp³-hybridized carbons (Fsp3) is 0.204. The largest absolute Gasteiger partial charge is 0.444 e. The van der Waals surface area contributed by atoms with E-state index >= 15 is 0 Å². The van der Waals surface area contributed by atoms with E-state index in [9.17, 15) is 32.8 Å². The van der Waals surface area contributed by atoms with Crippen LogP contribution in [0.3, 0.4) is 0 Å². The van der Waals surface area contributed by atoms with Crippen LogP contribution >= 0.6 is 24.8 Å². The Hall–Kier alpha value is -7.67. The molecule has 4 aliphatic heterocycles. The van der Waals surface area contributed by atoms with Crippen molar-refractivity contribution in [1.82, 2.24) is 48.8 Å². The second-order valence-electron chi connectivity index (χ2n) is 17.7. The smallest absolute Gasteiger partial charge is 0.410 e. The zero-order valence-corrected chi connectivity index (χ0v) is 38.8. The molecule has 4 aliphatic rings. The monoisotopic (exact) mass is 974 g/mol. The highest BCUT2D eigenvalue weighted by Gasteiger charge is 2.38. The molecule has 10 heterocycles.